The molecule has 1 atom stereocenters. The van der Waals surface area contributed by atoms with Gasteiger partial charge >= 0.3 is 0 Å². The number of halogens is 1. The smallest absolute Gasteiger partial charge is 0.290 e. The van der Waals surface area contributed by atoms with Crippen LogP contribution in [0.5, 0.6) is 17.2 Å². The van der Waals surface area contributed by atoms with E-state index in [4.69, 9.17) is 14.2 Å². The van der Waals surface area contributed by atoms with Gasteiger partial charge in [0.05, 0.1) is 33.9 Å². The van der Waals surface area contributed by atoms with Gasteiger partial charge in [0.2, 0.25) is 0 Å². The van der Waals surface area contributed by atoms with Gasteiger partial charge in [-0.3, -0.25) is 4.79 Å². The minimum Gasteiger partial charge on any atom is -0.503 e. The maximum Gasteiger partial charge on any atom is 0.290 e. The van der Waals surface area contributed by atoms with Crippen molar-refractivity contribution in [2.75, 3.05) is 21.3 Å². The lowest BCUT2D eigenvalue weighted by Crippen LogP contribution is -2.30. The highest BCUT2D eigenvalue weighted by Crippen LogP contribution is 2.45. The number of carbonyl (C=O) groups excluding carboxylic acids is 1. The van der Waals surface area contributed by atoms with Crippen molar-refractivity contribution in [3.05, 3.63) is 93.7 Å². The molecule has 6 nitrogen and oxygen atoms in total. The number of nitrogens with zero attached hydrogens (tertiary/aromatic N) is 1. The summed E-state index contributed by atoms with van der Waals surface area (Å²) in [6.07, 6.45) is 0. The average Bonchev–Trinajstić information content (AvgIpc) is 3.09. The lowest BCUT2D eigenvalue weighted by molar-refractivity contribution is -0.130. The van der Waals surface area contributed by atoms with Crippen molar-refractivity contribution in [3.8, 4) is 17.2 Å². The van der Waals surface area contributed by atoms with E-state index in [1.807, 2.05) is 60.7 Å². The molecule has 1 heterocycles. The molecular formula is C26H24BrNO5. The third-order valence-corrected chi connectivity index (χ3v) is 6.25. The van der Waals surface area contributed by atoms with E-state index >= 15 is 0 Å². The maximum atomic E-state index is 13.3. The van der Waals surface area contributed by atoms with Crippen LogP contribution in [0.15, 0.2) is 77.0 Å². The Hall–Kier alpha value is -3.45. The normalized spacial score (nSPS) is 15.7. The molecule has 33 heavy (non-hydrogen) atoms. The van der Waals surface area contributed by atoms with Gasteiger partial charge in [-0.15, -0.1) is 0 Å². The van der Waals surface area contributed by atoms with E-state index < -0.39 is 11.9 Å². The van der Waals surface area contributed by atoms with Crippen LogP contribution in [0.25, 0.3) is 5.57 Å². The van der Waals surface area contributed by atoms with Crippen molar-refractivity contribution in [3.63, 3.8) is 0 Å². The predicted molar refractivity (Wildman–Crippen MR) is 130 cm³/mol. The molecule has 170 valence electrons. The molecule has 0 saturated heterocycles. The third kappa shape index (κ3) is 4.41. The number of amides is 1. The molecule has 0 radical (unpaired) electrons. The highest BCUT2D eigenvalue weighted by atomic mass is 79.9. The van der Waals surface area contributed by atoms with Crippen molar-refractivity contribution < 1.29 is 24.1 Å². The average molecular weight is 510 g/mol. The molecule has 0 saturated carbocycles. The first-order chi connectivity index (χ1) is 16.0. The number of hydrogen-bond acceptors (Lipinski definition) is 5. The molecule has 3 aromatic rings. The highest BCUT2D eigenvalue weighted by molar-refractivity contribution is 9.10. The molecule has 0 aliphatic carbocycles. The Morgan fingerprint density at radius 1 is 0.879 bits per heavy atom. The lowest BCUT2D eigenvalue weighted by Gasteiger charge is -2.28. The van der Waals surface area contributed by atoms with Crippen molar-refractivity contribution >= 4 is 27.4 Å². The molecular weight excluding hydrogens is 486 g/mol. The monoisotopic (exact) mass is 509 g/mol. The standard InChI is InChI=1S/C26H24BrNO5/c1-31-20-11-6-16(7-12-20)23-24(17-4-9-19(27)10-5-17)28(26(30)25(23)29)15-18-8-13-21(32-2)14-22(18)33-3/h4-14,24,29H,15H2,1-3H3/t24-/m1/s1. The number of hydrogen-bond donors (Lipinski definition) is 1. The zero-order valence-corrected chi connectivity index (χ0v) is 20.1. The van der Waals surface area contributed by atoms with Gasteiger partial charge in [0.25, 0.3) is 5.91 Å². The first-order valence-corrected chi connectivity index (χ1v) is 11.1. The lowest BCUT2D eigenvalue weighted by atomic mass is 9.93. The van der Waals surface area contributed by atoms with E-state index in [0.717, 1.165) is 21.2 Å². The van der Waals surface area contributed by atoms with Crippen LogP contribution in [0.2, 0.25) is 0 Å². The minimum absolute atomic E-state index is 0.246. The fraction of sp³-hybridized carbons (Fsp3) is 0.192. The van der Waals surface area contributed by atoms with Crippen molar-refractivity contribution in [2.24, 2.45) is 0 Å². The largest absolute Gasteiger partial charge is 0.503 e. The van der Waals surface area contributed by atoms with Gasteiger partial charge in [0, 0.05) is 21.7 Å². The molecule has 4 rings (SSSR count). The molecule has 0 aromatic heterocycles. The Balaban J connectivity index is 1.79. The number of benzene rings is 3. The topological polar surface area (TPSA) is 68.2 Å². The Bertz CT molecular complexity index is 1190. The van der Waals surface area contributed by atoms with E-state index in [0.29, 0.717) is 22.8 Å². The van der Waals surface area contributed by atoms with Crippen LogP contribution in [0.3, 0.4) is 0 Å². The van der Waals surface area contributed by atoms with Gasteiger partial charge in [0.15, 0.2) is 5.76 Å². The van der Waals surface area contributed by atoms with Gasteiger partial charge in [-0.2, -0.15) is 0 Å². The number of aliphatic hydroxyl groups excluding tert-OH is 1. The number of aliphatic hydroxyl groups is 1. The Morgan fingerprint density at radius 2 is 1.52 bits per heavy atom. The summed E-state index contributed by atoms with van der Waals surface area (Å²) in [6.45, 7) is 0.246. The van der Waals surface area contributed by atoms with Gasteiger partial charge in [-0.1, -0.05) is 40.2 Å². The van der Waals surface area contributed by atoms with Crippen LogP contribution in [0.4, 0.5) is 0 Å². The van der Waals surface area contributed by atoms with Crippen molar-refractivity contribution in [2.45, 2.75) is 12.6 Å². The maximum absolute atomic E-state index is 13.3. The number of rotatable bonds is 7. The van der Waals surface area contributed by atoms with Crippen LogP contribution in [-0.2, 0) is 11.3 Å². The summed E-state index contributed by atoms with van der Waals surface area (Å²) < 4.78 is 17.0. The van der Waals surface area contributed by atoms with Crippen LogP contribution in [0, 0.1) is 0 Å². The fourth-order valence-corrected chi connectivity index (χ4v) is 4.30. The van der Waals surface area contributed by atoms with Crippen molar-refractivity contribution in [1.82, 2.24) is 4.90 Å². The fourth-order valence-electron chi connectivity index (χ4n) is 4.04. The van der Waals surface area contributed by atoms with E-state index in [1.54, 1.807) is 32.3 Å². The second kappa shape index (κ2) is 9.58. The second-order valence-corrected chi connectivity index (χ2v) is 8.47. The van der Waals surface area contributed by atoms with Crippen LogP contribution < -0.4 is 14.2 Å². The Morgan fingerprint density at radius 3 is 2.12 bits per heavy atom. The van der Waals surface area contributed by atoms with Gasteiger partial charge in [0.1, 0.15) is 17.2 Å². The summed E-state index contributed by atoms with van der Waals surface area (Å²) in [5, 5.41) is 11.0. The molecule has 1 aliphatic rings. The van der Waals surface area contributed by atoms with Gasteiger partial charge in [-0.25, -0.2) is 0 Å². The van der Waals surface area contributed by atoms with Crippen LogP contribution in [-0.4, -0.2) is 37.2 Å². The molecule has 7 heteroatoms. The first-order valence-electron chi connectivity index (χ1n) is 10.3. The molecule has 3 aromatic carbocycles. The Kier molecular flexibility index (Phi) is 6.60. The number of methoxy groups -OCH3 is 3. The molecule has 0 bridgehead atoms. The van der Waals surface area contributed by atoms with Gasteiger partial charge in [-0.05, 0) is 47.5 Å². The molecule has 0 fully saturated rings. The first kappa shape index (κ1) is 22.7. The molecule has 0 spiro atoms. The summed E-state index contributed by atoms with van der Waals surface area (Å²) in [7, 11) is 4.76. The SMILES string of the molecule is COc1ccc(C2=C(O)C(=O)N(Cc3ccc(OC)cc3OC)[C@@H]2c2ccc(Br)cc2)cc1. The quantitative estimate of drug-likeness (QED) is 0.453. The third-order valence-electron chi connectivity index (χ3n) is 5.73. The highest BCUT2D eigenvalue weighted by Gasteiger charge is 2.41. The summed E-state index contributed by atoms with van der Waals surface area (Å²) in [5.74, 6) is 1.26. The predicted octanol–water partition coefficient (Wildman–Crippen LogP) is 5.53. The molecule has 0 unspecified atom stereocenters. The van der Waals surface area contributed by atoms with E-state index in [9.17, 15) is 9.90 Å². The zero-order valence-electron chi connectivity index (χ0n) is 18.5. The van der Waals surface area contributed by atoms with E-state index in [1.165, 1.54) is 0 Å². The van der Waals surface area contributed by atoms with Crippen LogP contribution >= 0.6 is 15.9 Å². The van der Waals surface area contributed by atoms with Gasteiger partial charge < -0.3 is 24.2 Å². The molecule has 1 aliphatic heterocycles. The van der Waals surface area contributed by atoms with E-state index in [-0.39, 0.29) is 12.3 Å². The second-order valence-electron chi connectivity index (χ2n) is 7.56. The van der Waals surface area contributed by atoms with Crippen LogP contribution in [0.1, 0.15) is 22.7 Å². The summed E-state index contributed by atoms with van der Waals surface area (Å²) in [5.41, 5.74) is 2.99. The summed E-state index contributed by atoms with van der Waals surface area (Å²) >= 11 is 3.47. The zero-order chi connectivity index (χ0) is 23.5. The number of carbonyl (C=O) groups is 1. The number of ether oxygens (including phenoxy) is 3. The summed E-state index contributed by atoms with van der Waals surface area (Å²) in [6, 6.07) is 20.1. The summed E-state index contributed by atoms with van der Waals surface area (Å²) in [4.78, 5) is 15.0. The van der Waals surface area contributed by atoms with Crippen molar-refractivity contribution in [1.29, 1.82) is 0 Å². The molecule has 1 N–H and O–H groups in total. The minimum atomic E-state index is -0.481. The van der Waals surface area contributed by atoms with E-state index in [2.05, 4.69) is 15.9 Å². The Labute approximate surface area is 201 Å². The molecule has 1 amide bonds.